The summed E-state index contributed by atoms with van der Waals surface area (Å²) in [7, 11) is 0. The van der Waals surface area contributed by atoms with Gasteiger partial charge in [-0.2, -0.15) is 0 Å². The van der Waals surface area contributed by atoms with Crippen LogP contribution in [-0.2, 0) is 4.79 Å². The van der Waals surface area contributed by atoms with E-state index in [0.29, 0.717) is 12.3 Å². The number of allylic oxidation sites excluding steroid dienone is 1. The monoisotopic (exact) mass is 332 g/mol. The Morgan fingerprint density at radius 3 is 2.79 bits per heavy atom. The van der Waals surface area contributed by atoms with Gasteiger partial charge in [0.25, 0.3) is 5.89 Å². The summed E-state index contributed by atoms with van der Waals surface area (Å²) < 4.78 is 5.03. The molecule has 5 heteroatoms. The van der Waals surface area contributed by atoms with Crippen LogP contribution in [0, 0.1) is 5.92 Å². The maximum absolute atomic E-state index is 12.0. The van der Waals surface area contributed by atoms with E-state index in [-0.39, 0.29) is 23.5 Å². The summed E-state index contributed by atoms with van der Waals surface area (Å²) >= 11 is 0. The molecule has 2 rings (SSSR count). The lowest BCUT2D eigenvalue weighted by molar-refractivity contribution is -0.123. The molecule has 0 radical (unpaired) electrons. The summed E-state index contributed by atoms with van der Waals surface area (Å²) in [5.74, 6) is 0.925. The molecule has 1 aliphatic heterocycles. The molecular weight excluding hydrogens is 304 g/mol. The maximum Gasteiger partial charge on any atom is 0.263 e. The first-order chi connectivity index (χ1) is 11.5. The zero-order valence-corrected chi connectivity index (χ0v) is 15.0. The predicted molar refractivity (Wildman–Crippen MR) is 92.9 cm³/mol. The average Bonchev–Trinajstić information content (AvgIpc) is 3.07. The number of hydrogen-bond donors (Lipinski definition) is 0. The molecule has 0 spiro atoms. The van der Waals surface area contributed by atoms with Crippen LogP contribution in [0.5, 0.6) is 0 Å². The molecule has 0 amide bonds. The Hall–Kier alpha value is -1.75. The standard InChI is InChI=1S/C19H28N2O3/c1-14(2)7-10-21-11-8-16(13-17(21)15(3)22)5-4-6-18(23)19-20-9-12-24-19/h7,9,12,16-17H,4-6,8,10-11,13H2,1-3H3. The number of piperidine rings is 1. The van der Waals surface area contributed by atoms with Crippen LogP contribution in [0.3, 0.4) is 0 Å². The first-order valence-electron chi connectivity index (χ1n) is 8.78. The Balaban J connectivity index is 1.80. The largest absolute Gasteiger partial charge is 0.442 e. The summed E-state index contributed by atoms with van der Waals surface area (Å²) in [4.78, 5) is 30.1. The topological polar surface area (TPSA) is 63.4 Å². The Kier molecular flexibility index (Phi) is 6.91. The fourth-order valence-corrected chi connectivity index (χ4v) is 3.31. The van der Waals surface area contributed by atoms with E-state index in [9.17, 15) is 9.59 Å². The highest BCUT2D eigenvalue weighted by Gasteiger charge is 2.30. The van der Waals surface area contributed by atoms with Gasteiger partial charge in [0.05, 0.1) is 12.2 Å². The number of hydrogen-bond acceptors (Lipinski definition) is 5. The third-order valence-electron chi connectivity index (χ3n) is 4.71. The Morgan fingerprint density at radius 1 is 1.38 bits per heavy atom. The molecule has 1 fully saturated rings. The second kappa shape index (κ2) is 8.92. The van der Waals surface area contributed by atoms with Crippen molar-refractivity contribution in [2.45, 2.75) is 58.9 Å². The van der Waals surface area contributed by atoms with E-state index in [0.717, 1.165) is 38.8 Å². The summed E-state index contributed by atoms with van der Waals surface area (Å²) in [6.07, 6.45) is 9.36. The highest BCUT2D eigenvalue weighted by atomic mass is 16.3. The summed E-state index contributed by atoms with van der Waals surface area (Å²) in [6, 6.07) is 0.0155. The fourth-order valence-electron chi connectivity index (χ4n) is 3.31. The van der Waals surface area contributed by atoms with E-state index in [1.165, 1.54) is 18.0 Å². The predicted octanol–water partition coefficient (Wildman–Crippen LogP) is 3.66. The molecule has 2 heterocycles. The van der Waals surface area contributed by atoms with Gasteiger partial charge in [-0.3, -0.25) is 14.5 Å². The van der Waals surface area contributed by atoms with Gasteiger partial charge in [0.2, 0.25) is 5.78 Å². The van der Waals surface area contributed by atoms with Gasteiger partial charge in [-0.15, -0.1) is 0 Å². The Bertz CT molecular complexity index is 573. The number of Topliss-reactive ketones (excluding diaryl/α,β-unsaturated/α-hetero) is 2. The smallest absolute Gasteiger partial charge is 0.263 e. The van der Waals surface area contributed by atoms with Gasteiger partial charge >= 0.3 is 0 Å². The quantitative estimate of drug-likeness (QED) is 0.537. The van der Waals surface area contributed by atoms with Crippen molar-refractivity contribution in [1.29, 1.82) is 0 Å². The number of rotatable bonds is 8. The van der Waals surface area contributed by atoms with Crippen molar-refractivity contribution in [2.24, 2.45) is 5.92 Å². The van der Waals surface area contributed by atoms with Crippen molar-refractivity contribution < 1.29 is 14.0 Å². The molecule has 2 atom stereocenters. The normalized spacial score (nSPS) is 21.5. The van der Waals surface area contributed by atoms with Crippen molar-refractivity contribution in [3.05, 3.63) is 30.0 Å². The van der Waals surface area contributed by atoms with Crippen molar-refractivity contribution in [2.75, 3.05) is 13.1 Å². The molecule has 1 aromatic heterocycles. The lowest BCUT2D eigenvalue weighted by Gasteiger charge is -2.37. The van der Waals surface area contributed by atoms with Crippen LogP contribution < -0.4 is 0 Å². The van der Waals surface area contributed by atoms with Gasteiger partial charge in [-0.25, -0.2) is 4.98 Å². The van der Waals surface area contributed by atoms with Crippen LogP contribution in [0.25, 0.3) is 0 Å². The highest BCUT2D eigenvalue weighted by molar-refractivity contribution is 5.91. The van der Waals surface area contributed by atoms with Crippen molar-refractivity contribution in [3.8, 4) is 0 Å². The van der Waals surface area contributed by atoms with Crippen LogP contribution in [-0.4, -0.2) is 40.6 Å². The van der Waals surface area contributed by atoms with Gasteiger partial charge in [0.15, 0.2) is 0 Å². The van der Waals surface area contributed by atoms with Crippen LogP contribution >= 0.6 is 0 Å². The van der Waals surface area contributed by atoms with Gasteiger partial charge in [0, 0.05) is 13.0 Å². The molecule has 5 nitrogen and oxygen atoms in total. The van der Waals surface area contributed by atoms with E-state index in [4.69, 9.17) is 4.42 Å². The fraction of sp³-hybridized carbons (Fsp3) is 0.632. The number of likely N-dealkylation sites (tertiary alicyclic amines) is 1. The SMILES string of the molecule is CC(=O)C1CC(CCCC(=O)c2ncco2)CCN1CC=C(C)C. The van der Waals surface area contributed by atoms with Gasteiger partial charge in [-0.1, -0.05) is 11.6 Å². The molecule has 1 aromatic rings. The maximum atomic E-state index is 12.0. The molecule has 1 saturated heterocycles. The third kappa shape index (κ3) is 5.41. The van der Waals surface area contributed by atoms with Crippen LogP contribution in [0.1, 0.15) is 63.6 Å². The van der Waals surface area contributed by atoms with E-state index in [2.05, 4.69) is 29.8 Å². The second-order valence-corrected chi connectivity index (χ2v) is 6.95. The number of aromatic nitrogens is 1. The van der Waals surface area contributed by atoms with E-state index in [1.807, 2.05) is 0 Å². The zero-order valence-electron chi connectivity index (χ0n) is 15.0. The third-order valence-corrected chi connectivity index (χ3v) is 4.71. The van der Waals surface area contributed by atoms with Gasteiger partial charge in [-0.05, 0) is 58.9 Å². The van der Waals surface area contributed by atoms with Crippen molar-refractivity contribution >= 4 is 11.6 Å². The Labute approximate surface area is 144 Å². The first kappa shape index (κ1) is 18.6. The minimum atomic E-state index is -0.0379. The summed E-state index contributed by atoms with van der Waals surface area (Å²) in [5, 5.41) is 0. The molecule has 0 bridgehead atoms. The minimum absolute atomic E-state index is 0.0155. The Morgan fingerprint density at radius 2 is 2.17 bits per heavy atom. The lowest BCUT2D eigenvalue weighted by atomic mass is 9.85. The highest BCUT2D eigenvalue weighted by Crippen LogP contribution is 2.28. The van der Waals surface area contributed by atoms with E-state index >= 15 is 0 Å². The zero-order chi connectivity index (χ0) is 17.5. The molecule has 132 valence electrons. The van der Waals surface area contributed by atoms with E-state index < -0.39 is 0 Å². The number of carbonyl (C=O) groups excluding carboxylic acids is 2. The molecular formula is C19H28N2O3. The average molecular weight is 332 g/mol. The molecule has 0 aromatic carbocycles. The molecule has 2 unspecified atom stereocenters. The second-order valence-electron chi connectivity index (χ2n) is 6.95. The molecule has 0 N–H and O–H groups in total. The van der Waals surface area contributed by atoms with Crippen molar-refractivity contribution in [1.82, 2.24) is 9.88 Å². The van der Waals surface area contributed by atoms with Crippen LogP contribution in [0.2, 0.25) is 0 Å². The molecule has 1 aliphatic rings. The number of nitrogens with zero attached hydrogens (tertiary/aromatic N) is 2. The number of oxazole rings is 1. The van der Waals surface area contributed by atoms with Crippen LogP contribution in [0.15, 0.2) is 28.5 Å². The van der Waals surface area contributed by atoms with Gasteiger partial charge < -0.3 is 4.42 Å². The van der Waals surface area contributed by atoms with Gasteiger partial charge in [0.1, 0.15) is 12.0 Å². The number of carbonyl (C=O) groups is 2. The summed E-state index contributed by atoms with van der Waals surface area (Å²) in [6.45, 7) is 7.66. The molecule has 0 saturated carbocycles. The van der Waals surface area contributed by atoms with Crippen LogP contribution in [0.4, 0.5) is 0 Å². The van der Waals surface area contributed by atoms with E-state index in [1.54, 1.807) is 6.92 Å². The first-order valence-corrected chi connectivity index (χ1v) is 8.78. The molecule has 24 heavy (non-hydrogen) atoms. The number of ketones is 2. The van der Waals surface area contributed by atoms with Crippen molar-refractivity contribution in [3.63, 3.8) is 0 Å². The lowest BCUT2D eigenvalue weighted by Crippen LogP contribution is -2.46. The summed E-state index contributed by atoms with van der Waals surface area (Å²) in [5.41, 5.74) is 1.28. The molecule has 0 aliphatic carbocycles. The minimum Gasteiger partial charge on any atom is -0.442 e.